The predicted molar refractivity (Wildman–Crippen MR) is 108 cm³/mol. The number of amides is 1. The number of aryl methyl sites for hydroxylation is 2. The smallest absolute Gasteiger partial charge is 0.277 e. The van der Waals surface area contributed by atoms with Crippen molar-refractivity contribution in [1.82, 2.24) is 15.1 Å². The Hall–Kier alpha value is -2.31. The van der Waals surface area contributed by atoms with E-state index in [1.165, 1.54) is 17.3 Å². The summed E-state index contributed by atoms with van der Waals surface area (Å²) in [6.07, 6.45) is 0. The molecule has 140 valence electrons. The Bertz CT molecular complexity index is 958. The van der Waals surface area contributed by atoms with Gasteiger partial charge < -0.3 is 9.32 Å². The minimum atomic E-state index is -0.0223. The first-order chi connectivity index (χ1) is 12.9. The summed E-state index contributed by atoms with van der Waals surface area (Å²) in [6, 6.07) is 13.5. The third kappa shape index (κ3) is 5.11. The average Bonchev–Trinajstić information content (AvgIpc) is 3.11. The molecule has 0 saturated carbocycles. The van der Waals surface area contributed by atoms with Gasteiger partial charge in [-0.1, -0.05) is 41.6 Å². The highest BCUT2D eigenvalue weighted by atomic mass is 35.5. The molecule has 0 radical (unpaired) electrons. The number of halogens is 1. The highest BCUT2D eigenvalue weighted by Crippen LogP contribution is 2.25. The van der Waals surface area contributed by atoms with E-state index in [4.69, 9.17) is 16.0 Å². The number of thioether (sulfide) groups is 1. The molecule has 0 N–H and O–H groups in total. The normalized spacial score (nSPS) is 10.8. The van der Waals surface area contributed by atoms with Crippen LogP contribution in [0.5, 0.6) is 0 Å². The zero-order valence-electron chi connectivity index (χ0n) is 15.4. The Morgan fingerprint density at radius 2 is 1.96 bits per heavy atom. The molecule has 3 rings (SSSR count). The lowest BCUT2D eigenvalue weighted by Crippen LogP contribution is -2.27. The van der Waals surface area contributed by atoms with Gasteiger partial charge in [-0.15, -0.1) is 10.2 Å². The van der Waals surface area contributed by atoms with Crippen LogP contribution >= 0.6 is 23.4 Å². The van der Waals surface area contributed by atoms with Gasteiger partial charge in [0.2, 0.25) is 11.8 Å². The van der Waals surface area contributed by atoms with Crippen molar-refractivity contribution in [3.63, 3.8) is 0 Å². The molecule has 27 heavy (non-hydrogen) atoms. The van der Waals surface area contributed by atoms with Crippen molar-refractivity contribution in [1.29, 1.82) is 0 Å². The third-order valence-electron chi connectivity index (χ3n) is 4.21. The van der Waals surface area contributed by atoms with Crippen LogP contribution in [0.3, 0.4) is 0 Å². The summed E-state index contributed by atoms with van der Waals surface area (Å²) >= 11 is 7.22. The van der Waals surface area contributed by atoms with Gasteiger partial charge in [0.1, 0.15) is 0 Å². The lowest BCUT2D eigenvalue weighted by Gasteiger charge is -2.16. The Labute approximate surface area is 167 Å². The summed E-state index contributed by atoms with van der Waals surface area (Å²) in [5.41, 5.74) is 4.24. The monoisotopic (exact) mass is 401 g/mol. The zero-order chi connectivity index (χ0) is 19.4. The van der Waals surface area contributed by atoms with E-state index in [9.17, 15) is 4.79 Å². The molecule has 0 bridgehead atoms. The Balaban J connectivity index is 1.57. The first kappa shape index (κ1) is 19.5. The van der Waals surface area contributed by atoms with Crippen LogP contribution in [-0.2, 0) is 11.3 Å². The second kappa shape index (κ2) is 8.59. The van der Waals surface area contributed by atoms with Gasteiger partial charge in [0, 0.05) is 24.2 Å². The van der Waals surface area contributed by atoms with Gasteiger partial charge in [0.15, 0.2) is 0 Å². The molecule has 0 atom stereocenters. The van der Waals surface area contributed by atoms with Crippen molar-refractivity contribution in [2.24, 2.45) is 0 Å². The van der Waals surface area contributed by atoms with E-state index in [0.29, 0.717) is 22.7 Å². The SMILES string of the molecule is Cc1ccc(-c2nnc(SCC(=O)N(C)Cc3cccc(Cl)c3)o2)cc1C. The average molecular weight is 402 g/mol. The molecule has 7 heteroatoms. The van der Waals surface area contributed by atoms with E-state index in [-0.39, 0.29) is 11.7 Å². The fourth-order valence-corrected chi connectivity index (χ4v) is 3.41. The van der Waals surface area contributed by atoms with Crippen molar-refractivity contribution in [2.45, 2.75) is 25.6 Å². The summed E-state index contributed by atoms with van der Waals surface area (Å²) in [4.78, 5) is 14.0. The lowest BCUT2D eigenvalue weighted by molar-refractivity contribution is -0.127. The second-order valence-corrected chi connectivity index (χ2v) is 7.70. The summed E-state index contributed by atoms with van der Waals surface area (Å²) in [5.74, 6) is 0.664. The van der Waals surface area contributed by atoms with Crippen LogP contribution in [0.4, 0.5) is 0 Å². The predicted octanol–water partition coefficient (Wildman–Crippen LogP) is 4.76. The van der Waals surface area contributed by atoms with Crippen molar-refractivity contribution < 1.29 is 9.21 Å². The number of hydrogen-bond donors (Lipinski definition) is 0. The molecule has 0 spiro atoms. The van der Waals surface area contributed by atoms with Crippen LogP contribution in [0.1, 0.15) is 16.7 Å². The topological polar surface area (TPSA) is 59.2 Å². The van der Waals surface area contributed by atoms with E-state index in [0.717, 1.165) is 16.7 Å². The van der Waals surface area contributed by atoms with Gasteiger partial charge in [0.05, 0.1) is 5.75 Å². The summed E-state index contributed by atoms with van der Waals surface area (Å²) < 4.78 is 5.68. The maximum Gasteiger partial charge on any atom is 0.277 e. The van der Waals surface area contributed by atoms with Crippen LogP contribution < -0.4 is 0 Å². The maximum atomic E-state index is 12.3. The molecule has 2 aromatic carbocycles. The van der Waals surface area contributed by atoms with Gasteiger partial charge >= 0.3 is 0 Å². The van der Waals surface area contributed by atoms with Crippen LogP contribution in [0.2, 0.25) is 5.02 Å². The summed E-state index contributed by atoms with van der Waals surface area (Å²) in [6.45, 7) is 4.59. The number of hydrogen-bond acceptors (Lipinski definition) is 5. The van der Waals surface area contributed by atoms with E-state index < -0.39 is 0 Å². The van der Waals surface area contributed by atoms with Gasteiger partial charge in [-0.05, 0) is 54.8 Å². The number of rotatable bonds is 6. The number of carbonyl (C=O) groups excluding carboxylic acids is 1. The number of aromatic nitrogens is 2. The quantitative estimate of drug-likeness (QED) is 0.557. The highest BCUT2D eigenvalue weighted by Gasteiger charge is 2.14. The fraction of sp³-hybridized carbons (Fsp3) is 0.250. The number of carbonyl (C=O) groups is 1. The minimum Gasteiger partial charge on any atom is -0.411 e. The lowest BCUT2D eigenvalue weighted by atomic mass is 10.1. The minimum absolute atomic E-state index is 0.0223. The van der Waals surface area contributed by atoms with Gasteiger partial charge in [-0.25, -0.2) is 0 Å². The van der Waals surface area contributed by atoms with E-state index in [1.807, 2.05) is 49.4 Å². The van der Waals surface area contributed by atoms with Gasteiger partial charge in [-0.3, -0.25) is 4.79 Å². The van der Waals surface area contributed by atoms with Gasteiger partial charge in [-0.2, -0.15) is 0 Å². The summed E-state index contributed by atoms with van der Waals surface area (Å²) in [5, 5.41) is 9.15. The van der Waals surface area contributed by atoms with Crippen molar-refractivity contribution >= 4 is 29.3 Å². The maximum absolute atomic E-state index is 12.3. The molecule has 5 nitrogen and oxygen atoms in total. The first-order valence-electron chi connectivity index (χ1n) is 8.44. The van der Waals surface area contributed by atoms with Crippen LogP contribution in [0, 0.1) is 13.8 Å². The molecule has 0 unspecified atom stereocenters. The Morgan fingerprint density at radius 3 is 2.70 bits per heavy atom. The van der Waals surface area contributed by atoms with E-state index in [1.54, 1.807) is 11.9 Å². The van der Waals surface area contributed by atoms with Crippen molar-refractivity contribution in [3.05, 3.63) is 64.2 Å². The molecular weight excluding hydrogens is 382 g/mol. The molecule has 0 aliphatic heterocycles. The Kier molecular flexibility index (Phi) is 6.19. The number of benzene rings is 2. The highest BCUT2D eigenvalue weighted by molar-refractivity contribution is 7.99. The fourth-order valence-electron chi connectivity index (χ4n) is 2.49. The molecule has 0 fully saturated rings. The van der Waals surface area contributed by atoms with Crippen molar-refractivity contribution in [2.75, 3.05) is 12.8 Å². The molecular formula is C20H20ClN3O2S. The second-order valence-electron chi connectivity index (χ2n) is 6.34. The molecule has 1 aromatic heterocycles. The van der Waals surface area contributed by atoms with E-state index in [2.05, 4.69) is 17.1 Å². The van der Waals surface area contributed by atoms with E-state index >= 15 is 0 Å². The zero-order valence-corrected chi connectivity index (χ0v) is 17.0. The molecule has 0 saturated heterocycles. The third-order valence-corrected chi connectivity index (χ3v) is 5.25. The summed E-state index contributed by atoms with van der Waals surface area (Å²) in [7, 11) is 1.76. The molecule has 3 aromatic rings. The largest absolute Gasteiger partial charge is 0.411 e. The molecule has 1 heterocycles. The number of nitrogens with zero attached hydrogens (tertiary/aromatic N) is 3. The molecule has 0 aliphatic rings. The first-order valence-corrected chi connectivity index (χ1v) is 9.81. The Morgan fingerprint density at radius 1 is 1.15 bits per heavy atom. The van der Waals surface area contributed by atoms with Crippen LogP contribution in [0.25, 0.3) is 11.5 Å². The molecule has 0 aliphatic carbocycles. The molecule has 1 amide bonds. The van der Waals surface area contributed by atoms with Crippen molar-refractivity contribution in [3.8, 4) is 11.5 Å². The van der Waals surface area contributed by atoms with Crippen LogP contribution in [0.15, 0.2) is 52.1 Å². The van der Waals surface area contributed by atoms with Crippen LogP contribution in [-0.4, -0.2) is 33.8 Å². The standard InChI is InChI=1S/C20H20ClN3O2S/c1-13-7-8-16(9-14(13)2)19-22-23-20(26-19)27-12-18(25)24(3)11-15-5-4-6-17(21)10-15/h4-10H,11-12H2,1-3H3. The van der Waals surface area contributed by atoms with Gasteiger partial charge in [0.25, 0.3) is 5.22 Å².